The van der Waals surface area contributed by atoms with Crippen LogP contribution >= 0.6 is 12.0 Å². The van der Waals surface area contributed by atoms with E-state index in [2.05, 4.69) is 15.4 Å². The molecule has 10 nitrogen and oxygen atoms in total. The molecule has 5 atom stereocenters. The number of nitrogens with zero attached hydrogens (tertiary/aromatic N) is 4. The molecule has 3 fully saturated rings. The zero-order valence-corrected chi connectivity index (χ0v) is 18.7. The summed E-state index contributed by atoms with van der Waals surface area (Å²) in [5.41, 5.74) is 7.24. The lowest BCUT2D eigenvalue weighted by atomic mass is 10.1. The molecule has 1 aromatic carbocycles. The molecule has 4 rings (SSSR count). The first-order valence-electron chi connectivity index (χ1n) is 10.8. The molecular weight excluding hydrogens is 432 g/mol. The van der Waals surface area contributed by atoms with Crippen LogP contribution in [0.4, 0.5) is 0 Å². The van der Waals surface area contributed by atoms with Gasteiger partial charge in [-0.3, -0.25) is 14.5 Å². The van der Waals surface area contributed by atoms with Gasteiger partial charge in [0.1, 0.15) is 6.04 Å². The number of piperazine rings is 1. The molecule has 3 aliphatic rings. The highest BCUT2D eigenvalue weighted by atomic mass is 32.2. The number of likely N-dealkylation sites (tertiary alicyclic amines) is 3. The van der Waals surface area contributed by atoms with Crippen molar-refractivity contribution in [2.45, 2.75) is 61.3 Å². The highest BCUT2D eigenvalue weighted by Gasteiger charge is 2.51. The summed E-state index contributed by atoms with van der Waals surface area (Å²) in [5, 5.41) is 9.24. The lowest BCUT2D eigenvalue weighted by molar-refractivity contribution is -0.195. The Bertz CT molecular complexity index is 893. The number of amides is 2. The Balaban J connectivity index is 1.35. The molecule has 3 saturated heterocycles. The Morgan fingerprint density at radius 2 is 2.12 bits per heavy atom. The maximum Gasteiger partial charge on any atom is 0.241 e. The van der Waals surface area contributed by atoms with Gasteiger partial charge >= 0.3 is 0 Å². The molecule has 1 aromatic rings. The van der Waals surface area contributed by atoms with Crippen LogP contribution in [-0.2, 0) is 18.9 Å². The van der Waals surface area contributed by atoms with Gasteiger partial charge in [0.15, 0.2) is 0 Å². The predicted octanol–water partition coefficient (Wildman–Crippen LogP) is 0.704. The minimum absolute atomic E-state index is 0.0679. The quantitative estimate of drug-likeness (QED) is 0.326. The second-order valence-electron chi connectivity index (χ2n) is 8.52. The molecule has 4 N–H and O–H groups in total. The predicted molar refractivity (Wildman–Crippen MR) is 116 cm³/mol. The van der Waals surface area contributed by atoms with Gasteiger partial charge in [-0.25, -0.2) is 0 Å². The molecule has 0 saturated carbocycles. The first kappa shape index (κ1) is 23.0. The Morgan fingerprint density at radius 3 is 2.78 bits per heavy atom. The van der Waals surface area contributed by atoms with Crippen LogP contribution < -0.4 is 11.6 Å². The zero-order chi connectivity index (χ0) is 22.8. The van der Waals surface area contributed by atoms with E-state index < -0.39 is 6.04 Å². The van der Waals surface area contributed by atoms with E-state index in [4.69, 9.17) is 11.6 Å². The Morgan fingerprint density at radius 1 is 1.38 bits per heavy atom. The monoisotopic (exact) mass is 460 g/mol. The number of carbonyl (C=O) groups excluding carboxylic acids is 2. The van der Waals surface area contributed by atoms with E-state index in [0.29, 0.717) is 26.1 Å². The van der Waals surface area contributed by atoms with Crippen molar-refractivity contribution in [2.24, 2.45) is 11.6 Å². The molecule has 3 aliphatic heterocycles. The van der Waals surface area contributed by atoms with Gasteiger partial charge in [-0.15, -0.1) is 9.32 Å². The van der Waals surface area contributed by atoms with Gasteiger partial charge in [-0.2, -0.15) is 11.2 Å². The minimum Gasteiger partial charge on any atom is -0.330 e. The highest BCUT2D eigenvalue weighted by Crippen LogP contribution is 2.38. The molecular formula is C21H28N6O4S. The van der Waals surface area contributed by atoms with Crippen LogP contribution in [0.15, 0.2) is 29.2 Å². The molecule has 172 valence electrons. The van der Waals surface area contributed by atoms with Crippen molar-refractivity contribution in [1.29, 1.82) is 5.26 Å². The van der Waals surface area contributed by atoms with Crippen molar-refractivity contribution < 1.29 is 18.9 Å². The van der Waals surface area contributed by atoms with Crippen molar-refractivity contribution in [1.82, 2.24) is 14.7 Å². The van der Waals surface area contributed by atoms with Crippen molar-refractivity contribution in [3.8, 4) is 6.07 Å². The van der Waals surface area contributed by atoms with E-state index in [1.807, 2.05) is 41.0 Å². The average molecular weight is 461 g/mol. The van der Waals surface area contributed by atoms with Crippen LogP contribution in [0.3, 0.4) is 0 Å². The summed E-state index contributed by atoms with van der Waals surface area (Å²) in [6, 6.07) is 8.52. The zero-order valence-electron chi connectivity index (χ0n) is 17.9. The topological polar surface area (TPSA) is 138 Å². The second-order valence-corrected chi connectivity index (χ2v) is 9.30. The van der Waals surface area contributed by atoms with Gasteiger partial charge in [-0.05, 0) is 43.9 Å². The first-order valence-corrected chi connectivity index (χ1v) is 11.5. The van der Waals surface area contributed by atoms with Crippen molar-refractivity contribution in [2.75, 3.05) is 19.6 Å². The standard InChI is InChI=1S/C21H28N6O4S/c1-13(14-4-6-17(7-5-14)32-31-30-24)27-16-9-19(21(27)29)25(11-16)12-18(23)20(28)26-8-2-3-15(26)10-22/h4-7,13,15-16,18-19H,2-3,8-9,11-12,23-24H2,1H3/t13-,15+,16-,18+,19-/m1/s1. The van der Waals surface area contributed by atoms with Gasteiger partial charge in [0.05, 0.1) is 36.2 Å². The molecule has 0 aliphatic carbocycles. The molecule has 2 amide bonds. The third-order valence-corrected chi connectivity index (χ3v) is 7.31. The maximum atomic E-state index is 13.2. The summed E-state index contributed by atoms with van der Waals surface area (Å²) in [4.78, 5) is 36.4. The number of nitriles is 1. The molecule has 3 heterocycles. The van der Waals surface area contributed by atoms with Crippen molar-refractivity contribution in [3.05, 3.63) is 29.8 Å². The Kier molecular flexibility index (Phi) is 6.99. The Hall–Kier alpha value is -2.20. The summed E-state index contributed by atoms with van der Waals surface area (Å²) in [5.74, 6) is 4.73. The number of benzene rings is 1. The van der Waals surface area contributed by atoms with E-state index in [9.17, 15) is 14.9 Å². The highest BCUT2D eigenvalue weighted by molar-refractivity contribution is 7.94. The molecule has 32 heavy (non-hydrogen) atoms. The van der Waals surface area contributed by atoms with E-state index in [1.165, 1.54) is 0 Å². The fourth-order valence-electron chi connectivity index (χ4n) is 5.13. The molecule has 0 aromatic heterocycles. The number of hydrogen-bond acceptors (Lipinski definition) is 9. The normalized spacial score (nSPS) is 27.1. The van der Waals surface area contributed by atoms with E-state index in [1.54, 1.807) is 4.90 Å². The minimum atomic E-state index is -0.730. The molecule has 11 heteroatoms. The molecule has 0 unspecified atom stereocenters. The second kappa shape index (κ2) is 9.74. The maximum absolute atomic E-state index is 13.2. The van der Waals surface area contributed by atoms with Crippen LogP contribution in [0.1, 0.15) is 37.8 Å². The van der Waals surface area contributed by atoms with Crippen LogP contribution in [0.25, 0.3) is 0 Å². The summed E-state index contributed by atoms with van der Waals surface area (Å²) in [7, 11) is 0. The largest absolute Gasteiger partial charge is 0.330 e. The molecule has 0 radical (unpaired) electrons. The summed E-state index contributed by atoms with van der Waals surface area (Å²) < 4.78 is 4.65. The number of nitrogens with two attached hydrogens (primary N) is 2. The SMILES string of the molecule is C[C@H](c1ccc(SOON)cc1)N1C(=O)[C@H]2C[C@@H]1CN2C[C@H](N)C(=O)N1CCC[C@H]1C#N. The lowest BCUT2D eigenvalue weighted by Crippen LogP contribution is -2.56. The Labute approximate surface area is 191 Å². The van der Waals surface area contributed by atoms with Gasteiger partial charge < -0.3 is 15.5 Å². The number of carbonyl (C=O) groups is 2. The summed E-state index contributed by atoms with van der Waals surface area (Å²) in [6.45, 7) is 3.62. The van der Waals surface area contributed by atoms with Gasteiger partial charge in [0.2, 0.25) is 11.8 Å². The lowest BCUT2D eigenvalue weighted by Gasteiger charge is -2.38. The van der Waals surface area contributed by atoms with E-state index in [0.717, 1.165) is 35.3 Å². The number of fused-ring (bicyclic) bond motifs is 2. The third kappa shape index (κ3) is 4.34. The number of rotatable bonds is 8. The number of hydrogen-bond donors (Lipinski definition) is 2. The van der Waals surface area contributed by atoms with E-state index >= 15 is 0 Å². The summed E-state index contributed by atoms with van der Waals surface area (Å²) >= 11 is 1.01. The summed E-state index contributed by atoms with van der Waals surface area (Å²) in [6.07, 6.45) is 2.26. The van der Waals surface area contributed by atoms with Crippen molar-refractivity contribution in [3.63, 3.8) is 0 Å². The first-order chi connectivity index (χ1) is 15.4. The molecule has 0 spiro atoms. The van der Waals surface area contributed by atoms with Crippen LogP contribution in [0.2, 0.25) is 0 Å². The van der Waals surface area contributed by atoms with Crippen LogP contribution in [-0.4, -0.2) is 70.3 Å². The van der Waals surface area contributed by atoms with Gasteiger partial charge in [0.25, 0.3) is 0 Å². The fraction of sp³-hybridized carbons (Fsp3) is 0.571. The fourth-order valence-corrected chi connectivity index (χ4v) is 5.49. The van der Waals surface area contributed by atoms with E-state index in [-0.39, 0.29) is 36.0 Å². The smallest absolute Gasteiger partial charge is 0.241 e. The van der Waals surface area contributed by atoms with Crippen LogP contribution in [0, 0.1) is 11.3 Å². The van der Waals surface area contributed by atoms with Crippen molar-refractivity contribution >= 4 is 23.9 Å². The third-order valence-electron chi connectivity index (χ3n) is 6.70. The molecule has 2 bridgehead atoms. The van der Waals surface area contributed by atoms with Crippen LogP contribution in [0.5, 0.6) is 0 Å². The van der Waals surface area contributed by atoms with Gasteiger partial charge in [0, 0.05) is 30.6 Å². The van der Waals surface area contributed by atoms with Gasteiger partial charge in [-0.1, -0.05) is 12.1 Å². The average Bonchev–Trinajstić information content (AvgIpc) is 3.51.